The maximum absolute atomic E-state index is 13.1. The van der Waals surface area contributed by atoms with Gasteiger partial charge in [0.15, 0.2) is 0 Å². The molecule has 0 radical (unpaired) electrons. The minimum atomic E-state index is -4.16. The highest BCUT2D eigenvalue weighted by molar-refractivity contribution is 9.10. The summed E-state index contributed by atoms with van der Waals surface area (Å²) < 4.78 is 54.5. The quantitative estimate of drug-likeness (QED) is 0.558. The van der Waals surface area contributed by atoms with Crippen LogP contribution >= 0.6 is 15.9 Å². The Morgan fingerprint density at radius 1 is 1.36 bits per heavy atom. The van der Waals surface area contributed by atoms with Gasteiger partial charge in [0, 0.05) is 39.9 Å². The van der Waals surface area contributed by atoms with Crippen molar-refractivity contribution in [2.75, 3.05) is 13.1 Å². The standard InChI is InChI=1S/C16H19BrN4O5S2/c1-2-27(23,24)21-7-3-4-11(9-21)20-28(25,26)15-12-8-10(17)5-6-13(12)19-14(15)16(18)22/h2,5-6,8,11,19-20H,1,3-4,7,9H2,(H2,18,22)/t11-/m1/s1. The molecule has 0 bridgehead atoms. The molecule has 28 heavy (non-hydrogen) atoms. The number of halogens is 1. The number of fused-ring (bicyclic) bond motifs is 1. The third kappa shape index (κ3) is 4.01. The van der Waals surface area contributed by atoms with Gasteiger partial charge < -0.3 is 10.7 Å². The zero-order valence-corrected chi connectivity index (χ0v) is 17.9. The van der Waals surface area contributed by atoms with Crippen molar-refractivity contribution >= 4 is 52.8 Å². The highest BCUT2D eigenvalue weighted by Crippen LogP contribution is 2.30. The summed E-state index contributed by atoms with van der Waals surface area (Å²) in [5, 5.41) is 1.15. The van der Waals surface area contributed by atoms with E-state index in [1.807, 2.05) is 0 Å². The fourth-order valence-electron chi connectivity index (χ4n) is 3.25. The number of H-pyrrole nitrogens is 1. The molecule has 0 unspecified atom stereocenters. The van der Waals surface area contributed by atoms with Gasteiger partial charge in [0.2, 0.25) is 20.0 Å². The molecule has 1 aromatic carbocycles. The summed E-state index contributed by atoms with van der Waals surface area (Å²) in [6.07, 6.45) is 0.947. The van der Waals surface area contributed by atoms with E-state index in [4.69, 9.17) is 5.73 Å². The Labute approximate surface area is 171 Å². The van der Waals surface area contributed by atoms with Crippen LogP contribution in [0.15, 0.2) is 39.6 Å². The van der Waals surface area contributed by atoms with Gasteiger partial charge in [-0.05, 0) is 31.0 Å². The van der Waals surface area contributed by atoms with Crippen molar-refractivity contribution in [3.63, 3.8) is 0 Å². The maximum Gasteiger partial charge on any atom is 0.266 e. The lowest BCUT2D eigenvalue weighted by atomic mass is 10.1. The van der Waals surface area contributed by atoms with Gasteiger partial charge in [-0.3, -0.25) is 4.79 Å². The van der Waals surface area contributed by atoms with Crippen molar-refractivity contribution < 1.29 is 21.6 Å². The van der Waals surface area contributed by atoms with E-state index in [2.05, 4.69) is 32.2 Å². The molecule has 3 rings (SSSR count). The van der Waals surface area contributed by atoms with E-state index in [9.17, 15) is 21.6 Å². The zero-order valence-electron chi connectivity index (χ0n) is 14.7. The number of hydrogen-bond acceptors (Lipinski definition) is 5. The van der Waals surface area contributed by atoms with Gasteiger partial charge in [0.25, 0.3) is 5.91 Å². The lowest BCUT2D eigenvalue weighted by Gasteiger charge is -2.31. The number of nitrogens with one attached hydrogen (secondary N) is 2. The number of nitrogens with two attached hydrogens (primary N) is 1. The van der Waals surface area contributed by atoms with Gasteiger partial charge in [-0.1, -0.05) is 22.5 Å². The van der Waals surface area contributed by atoms with Gasteiger partial charge in [0.05, 0.1) is 0 Å². The normalized spacial score (nSPS) is 19.0. The largest absolute Gasteiger partial charge is 0.364 e. The highest BCUT2D eigenvalue weighted by atomic mass is 79.9. The van der Waals surface area contributed by atoms with Crippen LogP contribution in [0, 0.1) is 0 Å². The number of carbonyl (C=O) groups is 1. The number of primary amides is 1. The zero-order chi connectivity index (χ0) is 20.7. The van der Waals surface area contributed by atoms with E-state index in [0.717, 1.165) is 5.41 Å². The van der Waals surface area contributed by atoms with E-state index in [1.54, 1.807) is 18.2 Å². The van der Waals surface area contributed by atoms with Crippen LogP contribution in [0.4, 0.5) is 0 Å². The van der Waals surface area contributed by atoms with Gasteiger partial charge in [-0.25, -0.2) is 21.6 Å². The topological polar surface area (TPSA) is 142 Å². The molecule has 4 N–H and O–H groups in total. The summed E-state index contributed by atoms with van der Waals surface area (Å²) in [4.78, 5) is 14.3. The molecule has 2 heterocycles. The van der Waals surface area contributed by atoms with E-state index in [-0.39, 0.29) is 17.1 Å². The van der Waals surface area contributed by atoms with E-state index < -0.39 is 32.0 Å². The molecule has 1 aliphatic rings. The van der Waals surface area contributed by atoms with Crippen molar-refractivity contribution in [3.8, 4) is 0 Å². The molecule has 1 atom stereocenters. The molecule has 2 aromatic rings. The van der Waals surface area contributed by atoms with Gasteiger partial charge in [0.1, 0.15) is 10.6 Å². The number of piperidine rings is 1. The Balaban J connectivity index is 1.99. The van der Waals surface area contributed by atoms with Crippen molar-refractivity contribution in [1.29, 1.82) is 0 Å². The second-order valence-corrected chi connectivity index (χ2v) is 10.9. The van der Waals surface area contributed by atoms with Crippen LogP contribution in [0.1, 0.15) is 23.3 Å². The van der Waals surface area contributed by atoms with Crippen molar-refractivity contribution in [2.45, 2.75) is 23.8 Å². The van der Waals surface area contributed by atoms with Crippen LogP contribution in [0.25, 0.3) is 10.9 Å². The Kier molecular flexibility index (Phi) is 5.69. The number of hydrogen-bond donors (Lipinski definition) is 3. The number of amides is 1. The number of aromatic amines is 1. The number of aromatic nitrogens is 1. The lowest BCUT2D eigenvalue weighted by Crippen LogP contribution is -2.49. The minimum absolute atomic E-state index is 0.0223. The molecule has 0 saturated carbocycles. The first-order valence-electron chi connectivity index (χ1n) is 8.31. The van der Waals surface area contributed by atoms with Gasteiger partial charge in [-0.15, -0.1) is 0 Å². The molecule has 12 heteroatoms. The second-order valence-electron chi connectivity index (χ2n) is 6.41. The molecule has 0 spiro atoms. The summed E-state index contributed by atoms with van der Waals surface area (Å²) in [7, 11) is -7.81. The summed E-state index contributed by atoms with van der Waals surface area (Å²) in [5.74, 6) is -0.910. The number of benzene rings is 1. The Morgan fingerprint density at radius 2 is 2.07 bits per heavy atom. The first kappa shape index (κ1) is 21.0. The van der Waals surface area contributed by atoms with Crippen molar-refractivity contribution in [1.82, 2.24) is 14.0 Å². The summed E-state index contributed by atoms with van der Waals surface area (Å²) in [6, 6.07) is 4.25. The molecular weight excluding hydrogens is 472 g/mol. The Morgan fingerprint density at radius 3 is 2.71 bits per heavy atom. The molecule has 1 saturated heterocycles. The SMILES string of the molecule is C=CS(=O)(=O)N1CCC[C@@H](NS(=O)(=O)c2c(C(N)=O)[nH]c3ccc(Br)cc23)C1. The molecule has 9 nitrogen and oxygen atoms in total. The van der Waals surface area contributed by atoms with Crippen LogP contribution in [0.2, 0.25) is 0 Å². The molecule has 1 amide bonds. The predicted octanol–water partition coefficient (Wildman–Crippen LogP) is 1.25. The predicted molar refractivity (Wildman–Crippen MR) is 109 cm³/mol. The number of carbonyl (C=O) groups excluding carboxylic acids is 1. The molecule has 1 aliphatic heterocycles. The van der Waals surface area contributed by atoms with Crippen LogP contribution in [-0.2, 0) is 20.0 Å². The minimum Gasteiger partial charge on any atom is -0.364 e. The van der Waals surface area contributed by atoms with Gasteiger partial charge in [-0.2, -0.15) is 4.31 Å². The average Bonchev–Trinajstić information content (AvgIpc) is 3.01. The van der Waals surface area contributed by atoms with Crippen LogP contribution in [0.5, 0.6) is 0 Å². The molecular formula is C16H19BrN4O5S2. The molecule has 1 aromatic heterocycles. The Hall–Kier alpha value is -1.73. The third-order valence-electron chi connectivity index (χ3n) is 4.50. The molecule has 152 valence electrons. The number of rotatable bonds is 6. The first-order chi connectivity index (χ1) is 13.0. The fraction of sp³-hybridized carbons (Fsp3) is 0.312. The van der Waals surface area contributed by atoms with E-state index in [1.165, 1.54) is 4.31 Å². The summed E-state index contributed by atoms with van der Waals surface area (Å²) in [6.45, 7) is 3.56. The summed E-state index contributed by atoms with van der Waals surface area (Å²) >= 11 is 3.29. The number of nitrogens with zero attached hydrogens (tertiary/aromatic N) is 1. The van der Waals surface area contributed by atoms with Crippen LogP contribution < -0.4 is 10.5 Å². The van der Waals surface area contributed by atoms with Gasteiger partial charge >= 0.3 is 0 Å². The smallest absolute Gasteiger partial charge is 0.266 e. The maximum atomic E-state index is 13.1. The fourth-order valence-corrected chi connectivity index (χ4v) is 6.22. The van der Waals surface area contributed by atoms with Crippen LogP contribution in [0.3, 0.4) is 0 Å². The van der Waals surface area contributed by atoms with E-state index >= 15 is 0 Å². The highest BCUT2D eigenvalue weighted by Gasteiger charge is 2.33. The monoisotopic (exact) mass is 490 g/mol. The second kappa shape index (κ2) is 7.59. The van der Waals surface area contributed by atoms with Crippen LogP contribution in [-0.4, -0.2) is 51.2 Å². The average molecular weight is 491 g/mol. The first-order valence-corrected chi connectivity index (χ1v) is 12.1. The number of sulfonamides is 2. The molecule has 1 fully saturated rings. The van der Waals surface area contributed by atoms with E-state index in [0.29, 0.717) is 34.8 Å². The van der Waals surface area contributed by atoms with Crippen molar-refractivity contribution in [3.05, 3.63) is 40.4 Å². The Bertz CT molecular complexity index is 1160. The molecule has 0 aliphatic carbocycles. The lowest BCUT2D eigenvalue weighted by molar-refractivity contribution is 0.0993. The third-order valence-corrected chi connectivity index (χ3v) is 8.08. The van der Waals surface area contributed by atoms with Crippen molar-refractivity contribution in [2.24, 2.45) is 5.73 Å². The summed E-state index contributed by atoms with van der Waals surface area (Å²) in [5.41, 5.74) is 5.58.